The van der Waals surface area contributed by atoms with Gasteiger partial charge in [-0.05, 0) is 41.4 Å². The molecular formula is C12H15BrN4. The van der Waals surface area contributed by atoms with Gasteiger partial charge in [0, 0.05) is 17.7 Å². The fraction of sp³-hybridized carbons (Fsp3) is 0.333. The molecule has 2 aromatic heterocycles. The molecule has 0 radical (unpaired) electrons. The minimum atomic E-state index is 0.841. The first-order valence-electron chi connectivity index (χ1n) is 5.53. The molecule has 0 spiro atoms. The van der Waals surface area contributed by atoms with Crippen molar-refractivity contribution in [2.24, 2.45) is 7.05 Å². The van der Waals surface area contributed by atoms with E-state index in [-0.39, 0.29) is 0 Å². The zero-order chi connectivity index (χ0) is 12.4. The average molecular weight is 295 g/mol. The SMILES string of the molecule is CCc1nn(C)cc1Nc1ccc(Br)c(C)n1. The van der Waals surface area contributed by atoms with E-state index in [1.807, 2.05) is 37.0 Å². The maximum absolute atomic E-state index is 4.46. The summed E-state index contributed by atoms with van der Waals surface area (Å²) < 4.78 is 2.83. The molecule has 90 valence electrons. The van der Waals surface area contributed by atoms with Crippen molar-refractivity contribution in [2.75, 3.05) is 5.32 Å². The number of aromatic nitrogens is 3. The lowest BCUT2D eigenvalue weighted by atomic mass is 10.3. The van der Waals surface area contributed by atoms with Crippen molar-refractivity contribution >= 4 is 27.4 Å². The largest absolute Gasteiger partial charge is 0.337 e. The molecule has 0 unspecified atom stereocenters. The maximum atomic E-state index is 4.46. The number of nitrogens with zero attached hydrogens (tertiary/aromatic N) is 3. The van der Waals surface area contributed by atoms with Crippen molar-refractivity contribution in [1.29, 1.82) is 0 Å². The first-order chi connectivity index (χ1) is 8.10. The third kappa shape index (κ3) is 2.66. The Morgan fingerprint density at radius 3 is 2.82 bits per heavy atom. The summed E-state index contributed by atoms with van der Waals surface area (Å²) in [5, 5.41) is 7.68. The highest BCUT2D eigenvalue weighted by Gasteiger charge is 2.07. The summed E-state index contributed by atoms with van der Waals surface area (Å²) in [7, 11) is 1.92. The molecule has 0 saturated carbocycles. The van der Waals surface area contributed by atoms with Gasteiger partial charge in [0.1, 0.15) is 5.82 Å². The molecule has 0 bridgehead atoms. The Morgan fingerprint density at radius 2 is 2.18 bits per heavy atom. The second-order valence-electron chi connectivity index (χ2n) is 3.91. The first-order valence-corrected chi connectivity index (χ1v) is 6.32. The Balaban J connectivity index is 2.27. The highest BCUT2D eigenvalue weighted by atomic mass is 79.9. The zero-order valence-corrected chi connectivity index (χ0v) is 11.7. The van der Waals surface area contributed by atoms with Crippen LogP contribution in [0.1, 0.15) is 18.3 Å². The Morgan fingerprint density at radius 1 is 1.41 bits per heavy atom. The van der Waals surface area contributed by atoms with E-state index < -0.39 is 0 Å². The van der Waals surface area contributed by atoms with Crippen LogP contribution in [-0.2, 0) is 13.5 Å². The van der Waals surface area contributed by atoms with Crippen LogP contribution in [0.4, 0.5) is 11.5 Å². The molecule has 0 aliphatic carbocycles. The fourth-order valence-electron chi connectivity index (χ4n) is 1.65. The standard InChI is InChI=1S/C12H15BrN4/c1-4-10-11(7-17(3)16-10)15-12-6-5-9(13)8(2)14-12/h5-7H,4H2,1-3H3,(H,14,15). The van der Waals surface area contributed by atoms with Gasteiger partial charge in [0.25, 0.3) is 0 Å². The number of anilines is 2. The quantitative estimate of drug-likeness (QED) is 0.945. The van der Waals surface area contributed by atoms with Gasteiger partial charge in [-0.1, -0.05) is 6.92 Å². The van der Waals surface area contributed by atoms with Gasteiger partial charge >= 0.3 is 0 Å². The third-order valence-corrected chi connectivity index (χ3v) is 3.36. The minimum absolute atomic E-state index is 0.841. The van der Waals surface area contributed by atoms with E-state index >= 15 is 0 Å². The van der Waals surface area contributed by atoms with E-state index in [0.29, 0.717) is 0 Å². The number of hydrogen-bond acceptors (Lipinski definition) is 3. The monoisotopic (exact) mass is 294 g/mol. The molecular weight excluding hydrogens is 280 g/mol. The van der Waals surface area contributed by atoms with Crippen molar-refractivity contribution < 1.29 is 0 Å². The van der Waals surface area contributed by atoms with Crippen LogP contribution in [0.15, 0.2) is 22.8 Å². The minimum Gasteiger partial charge on any atom is -0.337 e. The molecule has 1 N–H and O–H groups in total. The van der Waals surface area contributed by atoms with Gasteiger partial charge in [0.15, 0.2) is 0 Å². The van der Waals surface area contributed by atoms with E-state index in [0.717, 1.165) is 33.8 Å². The fourth-order valence-corrected chi connectivity index (χ4v) is 1.87. The Bertz CT molecular complexity index is 533. The van der Waals surface area contributed by atoms with Crippen LogP contribution in [0.2, 0.25) is 0 Å². The lowest BCUT2D eigenvalue weighted by molar-refractivity contribution is 0.746. The van der Waals surface area contributed by atoms with Gasteiger partial charge in [-0.15, -0.1) is 0 Å². The number of pyridine rings is 1. The van der Waals surface area contributed by atoms with E-state index in [1.165, 1.54) is 0 Å². The summed E-state index contributed by atoms with van der Waals surface area (Å²) >= 11 is 3.44. The van der Waals surface area contributed by atoms with Gasteiger partial charge in [0.05, 0.1) is 17.1 Å². The summed E-state index contributed by atoms with van der Waals surface area (Å²) in [4.78, 5) is 4.46. The van der Waals surface area contributed by atoms with Crippen LogP contribution in [0.25, 0.3) is 0 Å². The lowest BCUT2D eigenvalue weighted by Gasteiger charge is -2.06. The van der Waals surface area contributed by atoms with Gasteiger partial charge < -0.3 is 5.32 Å². The van der Waals surface area contributed by atoms with Gasteiger partial charge in [-0.3, -0.25) is 4.68 Å². The van der Waals surface area contributed by atoms with Gasteiger partial charge in [0.2, 0.25) is 0 Å². The topological polar surface area (TPSA) is 42.7 Å². The van der Waals surface area contributed by atoms with Crippen molar-refractivity contribution in [3.63, 3.8) is 0 Å². The van der Waals surface area contributed by atoms with Crippen LogP contribution in [0.5, 0.6) is 0 Å². The maximum Gasteiger partial charge on any atom is 0.130 e. The van der Waals surface area contributed by atoms with Crippen molar-refractivity contribution in [3.05, 3.63) is 34.2 Å². The van der Waals surface area contributed by atoms with E-state index in [9.17, 15) is 0 Å². The second kappa shape index (κ2) is 4.87. The van der Waals surface area contributed by atoms with E-state index in [2.05, 4.69) is 38.3 Å². The van der Waals surface area contributed by atoms with Gasteiger partial charge in [-0.25, -0.2) is 4.98 Å². The normalized spacial score (nSPS) is 10.6. The predicted octanol–water partition coefficient (Wildman–Crippen LogP) is 3.19. The summed E-state index contributed by atoms with van der Waals surface area (Å²) in [6.45, 7) is 4.06. The molecule has 4 nitrogen and oxygen atoms in total. The molecule has 0 aliphatic rings. The summed E-state index contributed by atoms with van der Waals surface area (Å²) in [6.07, 6.45) is 2.87. The third-order valence-electron chi connectivity index (χ3n) is 2.52. The zero-order valence-electron chi connectivity index (χ0n) is 10.2. The van der Waals surface area contributed by atoms with Crippen LogP contribution in [-0.4, -0.2) is 14.8 Å². The van der Waals surface area contributed by atoms with Crippen molar-refractivity contribution in [2.45, 2.75) is 20.3 Å². The summed E-state index contributed by atoms with van der Waals surface area (Å²) in [6, 6.07) is 3.94. The molecule has 2 heterocycles. The molecule has 0 aliphatic heterocycles. The van der Waals surface area contributed by atoms with Crippen LogP contribution >= 0.6 is 15.9 Å². The molecule has 0 saturated heterocycles. The summed E-state index contributed by atoms with van der Waals surface area (Å²) in [5.74, 6) is 0.841. The number of rotatable bonds is 3. The van der Waals surface area contributed by atoms with E-state index in [1.54, 1.807) is 0 Å². The number of hydrogen-bond donors (Lipinski definition) is 1. The molecule has 2 rings (SSSR count). The highest BCUT2D eigenvalue weighted by molar-refractivity contribution is 9.10. The predicted molar refractivity (Wildman–Crippen MR) is 72.5 cm³/mol. The number of halogens is 1. The second-order valence-corrected chi connectivity index (χ2v) is 4.76. The lowest BCUT2D eigenvalue weighted by Crippen LogP contribution is -1.96. The first kappa shape index (κ1) is 12.1. The molecule has 2 aromatic rings. The van der Waals surface area contributed by atoms with Gasteiger partial charge in [-0.2, -0.15) is 5.10 Å². The Labute approximate surface area is 109 Å². The Kier molecular flexibility index (Phi) is 3.47. The molecule has 0 fully saturated rings. The average Bonchev–Trinajstić information content (AvgIpc) is 2.64. The highest BCUT2D eigenvalue weighted by Crippen LogP contribution is 2.21. The smallest absolute Gasteiger partial charge is 0.130 e. The van der Waals surface area contributed by atoms with Crippen molar-refractivity contribution in [3.8, 4) is 0 Å². The van der Waals surface area contributed by atoms with Crippen molar-refractivity contribution in [1.82, 2.24) is 14.8 Å². The molecule has 0 atom stereocenters. The van der Waals surface area contributed by atoms with E-state index in [4.69, 9.17) is 0 Å². The summed E-state index contributed by atoms with van der Waals surface area (Å²) in [5.41, 5.74) is 3.04. The van der Waals surface area contributed by atoms with Crippen LogP contribution < -0.4 is 5.32 Å². The number of nitrogens with one attached hydrogen (secondary N) is 1. The molecule has 5 heteroatoms. The van der Waals surface area contributed by atoms with Crippen LogP contribution in [0.3, 0.4) is 0 Å². The molecule has 0 amide bonds. The molecule has 17 heavy (non-hydrogen) atoms. The molecule has 0 aromatic carbocycles. The Hall–Kier alpha value is -1.36. The number of aryl methyl sites for hydroxylation is 3. The van der Waals surface area contributed by atoms with Crippen LogP contribution in [0, 0.1) is 6.92 Å².